The fourth-order valence-corrected chi connectivity index (χ4v) is 1.40. The molecule has 0 unspecified atom stereocenters. The van der Waals surface area contributed by atoms with Crippen LogP contribution >= 0.6 is 0 Å². The van der Waals surface area contributed by atoms with Crippen molar-refractivity contribution in [2.24, 2.45) is 0 Å². The Morgan fingerprint density at radius 2 is 1.94 bits per heavy atom. The molecule has 5 nitrogen and oxygen atoms in total. The lowest BCUT2D eigenvalue weighted by molar-refractivity contribution is -0.120. The largest absolute Gasteiger partial charge is 0.392 e. The van der Waals surface area contributed by atoms with E-state index in [2.05, 4.69) is 10.6 Å². The highest BCUT2D eigenvalue weighted by atomic mass is 16.5. The molecule has 18 heavy (non-hydrogen) atoms. The molecule has 0 radical (unpaired) electrons. The van der Waals surface area contributed by atoms with Crippen molar-refractivity contribution in [2.45, 2.75) is 13.2 Å². The molecule has 5 heteroatoms. The molecule has 0 aliphatic carbocycles. The molecule has 1 aromatic carbocycles. The van der Waals surface area contributed by atoms with Gasteiger partial charge in [-0.15, -0.1) is 0 Å². The number of hydrogen-bond donors (Lipinski definition) is 3. The standard InChI is InChI=1S/C13H20N2O3/c1-18-7-6-14-9-13(17)15-8-11-2-4-12(10-16)5-3-11/h2-5,14,16H,6-10H2,1H3,(H,15,17). The maximum absolute atomic E-state index is 11.4. The first-order valence-corrected chi connectivity index (χ1v) is 5.91. The highest BCUT2D eigenvalue weighted by molar-refractivity contribution is 5.77. The van der Waals surface area contributed by atoms with Crippen LogP contribution < -0.4 is 10.6 Å². The minimum absolute atomic E-state index is 0.0378. The van der Waals surface area contributed by atoms with Crippen molar-refractivity contribution >= 4 is 5.91 Å². The number of carbonyl (C=O) groups excluding carboxylic acids is 1. The zero-order valence-electron chi connectivity index (χ0n) is 10.6. The monoisotopic (exact) mass is 252 g/mol. The van der Waals surface area contributed by atoms with Crippen molar-refractivity contribution < 1.29 is 14.6 Å². The smallest absolute Gasteiger partial charge is 0.234 e. The highest BCUT2D eigenvalue weighted by Gasteiger charge is 2.00. The SMILES string of the molecule is COCCNCC(=O)NCc1ccc(CO)cc1. The number of amides is 1. The molecule has 0 bridgehead atoms. The van der Waals surface area contributed by atoms with E-state index in [-0.39, 0.29) is 19.1 Å². The fraction of sp³-hybridized carbons (Fsp3) is 0.462. The summed E-state index contributed by atoms with van der Waals surface area (Å²) in [5.74, 6) is -0.0441. The molecule has 0 heterocycles. The van der Waals surface area contributed by atoms with E-state index in [4.69, 9.17) is 9.84 Å². The summed E-state index contributed by atoms with van der Waals surface area (Å²) in [6.45, 7) is 2.08. The van der Waals surface area contributed by atoms with E-state index in [1.165, 1.54) is 0 Å². The van der Waals surface area contributed by atoms with Crippen LogP contribution in [0.4, 0.5) is 0 Å². The van der Waals surface area contributed by atoms with Gasteiger partial charge in [0.2, 0.25) is 5.91 Å². The van der Waals surface area contributed by atoms with Gasteiger partial charge in [-0.3, -0.25) is 4.79 Å². The summed E-state index contributed by atoms with van der Waals surface area (Å²) < 4.78 is 4.86. The van der Waals surface area contributed by atoms with Gasteiger partial charge in [0.1, 0.15) is 0 Å². The van der Waals surface area contributed by atoms with Crippen LogP contribution in [0.5, 0.6) is 0 Å². The first-order valence-electron chi connectivity index (χ1n) is 5.91. The molecule has 0 aromatic heterocycles. The summed E-state index contributed by atoms with van der Waals surface area (Å²) in [4.78, 5) is 11.4. The van der Waals surface area contributed by atoms with E-state index in [1.807, 2.05) is 24.3 Å². The van der Waals surface area contributed by atoms with E-state index in [9.17, 15) is 4.79 Å². The number of methoxy groups -OCH3 is 1. The van der Waals surface area contributed by atoms with Crippen LogP contribution in [0.15, 0.2) is 24.3 Å². The van der Waals surface area contributed by atoms with Crippen molar-refractivity contribution in [3.63, 3.8) is 0 Å². The molecule has 0 saturated heterocycles. The summed E-state index contributed by atoms with van der Waals surface area (Å²) in [6, 6.07) is 7.48. The lowest BCUT2D eigenvalue weighted by Crippen LogP contribution is -2.34. The number of nitrogens with one attached hydrogen (secondary N) is 2. The second-order valence-corrected chi connectivity index (χ2v) is 3.92. The van der Waals surface area contributed by atoms with Gasteiger partial charge in [-0.05, 0) is 11.1 Å². The van der Waals surface area contributed by atoms with Gasteiger partial charge in [-0.25, -0.2) is 0 Å². The molecule has 0 fully saturated rings. The summed E-state index contributed by atoms with van der Waals surface area (Å²) in [6.07, 6.45) is 0. The van der Waals surface area contributed by atoms with Crippen molar-refractivity contribution in [1.82, 2.24) is 10.6 Å². The van der Waals surface area contributed by atoms with Crippen LogP contribution in [0, 0.1) is 0 Å². The predicted octanol–water partition coefficient (Wildman–Crippen LogP) is 0.0311. The van der Waals surface area contributed by atoms with Crippen molar-refractivity contribution in [3.05, 3.63) is 35.4 Å². The third-order valence-electron chi connectivity index (χ3n) is 2.46. The molecule has 1 rings (SSSR count). The lowest BCUT2D eigenvalue weighted by Gasteiger charge is -2.07. The molecular formula is C13H20N2O3. The van der Waals surface area contributed by atoms with Crippen LogP contribution in [0.3, 0.4) is 0 Å². The summed E-state index contributed by atoms with van der Waals surface area (Å²) >= 11 is 0. The number of ether oxygens (including phenoxy) is 1. The van der Waals surface area contributed by atoms with Crippen LogP contribution in [-0.2, 0) is 22.7 Å². The van der Waals surface area contributed by atoms with Gasteiger partial charge in [-0.2, -0.15) is 0 Å². The Kier molecular flexibility index (Phi) is 7.01. The Hall–Kier alpha value is -1.43. The van der Waals surface area contributed by atoms with Gasteiger partial charge < -0.3 is 20.5 Å². The Bertz CT molecular complexity index is 352. The number of benzene rings is 1. The highest BCUT2D eigenvalue weighted by Crippen LogP contribution is 2.03. The average Bonchev–Trinajstić information content (AvgIpc) is 2.42. The van der Waals surface area contributed by atoms with E-state index in [1.54, 1.807) is 7.11 Å². The average molecular weight is 252 g/mol. The van der Waals surface area contributed by atoms with E-state index in [0.29, 0.717) is 19.7 Å². The minimum Gasteiger partial charge on any atom is -0.392 e. The maximum atomic E-state index is 11.4. The molecule has 0 spiro atoms. The Morgan fingerprint density at radius 1 is 1.28 bits per heavy atom. The molecule has 3 N–H and O–H groups in total. The molecule has 1 aromatic rings. The molecule has 0 atom stereocenters. The normalized spacial score (nSPS) is 10.3. The zero-order valence-corrected chi connectivity index (χ0v) is 10.6. The summed E-state index contributed by atoms with van der Waals surface area (Å²) in [5.41, 5.74) is 1.88. The maximum Gasteiger partial charge on any atom is 0.234 e. The second-order valence-electron chi connectivity index (χ2n) is 3.92. The predicted molar refractivity (Wildman–Crippen MR) is 69.0 cm³/mol. The van der Waals surface area contributed by atoms with Gasteiger partial charge in [0.25, 0.3) is 0 Å². The molecule has 0 saturated carbocycles. The molecule has 0 aliphatic heterocycles. The van der Waals surface area contributed by atoms with Gasteiger partial charge in [-0.1, -0.05) is 24.3 Å². The van der Waals surface area contributed by atoms with E-state index >= 15 is 0 Å². The third kappa shape index (κ3) is 5.77. The number of hydrogen-bond acceptors (Lipinski definition) is 4. The third-order valence-corrected chi connectivity index (χ3v) is 2.46. The summed E-state index contributed by atoms with van der Waals surface area (Å²) in [5, 5.41) is 14.7. The van der Waals surface area contributed by atoms with Crippen LogP contribution in [0.1, 0.15) is 11.1 Å². The van der Waals surface area contributed by atoms with Gasteiger partial charge >= 0.3 is 0 Å². The van der Waals surface area contributed by atoms with Crippen molar-refractivity contribution in [1.29, 1.82) is 0 Å². The minimum atomic E-state index is -0.0441. The first kappa shape index (κ1) is 14.6. The molecule has 100 valence electrons. The molecule has 0 aliphatic rings. The Morgan fingerprint density at radius 3 is 2.56 bits per heavy atom. The zero-order chi connectivity index (χ0) is 13.2. The van der Waals surface area contributed by atoms with Crippen molar-refractivity contribution in [3.8, 4) is 0 Å². The number of rotatable bonds is 8. The molecule has 1 amide bonds. The van der Waals surface area contributed by atoms with Gasteiger partial charge in [0.05, 0.1) is 19.8 Å². The van der Waals surface area contributed by atoms with Crippen LogP contribution in [0.25, 0.3) is 0 Å². The number of aliphatic hydroxyl groups excluding tert-OH is 1. The lowest BCUT2D eigenvalue weighted by atomic mass is 10.1. The van der Waals surface area contributed by atoms with Crippen LogP contribution in [-0.4, -0.2) is 37.8 Å². The molecular weight excluding hydrogens is 232 g/mol. The Labute approximate surface area is 107 Å². The fourth-order valence-electron chi connectivity index (χ4n) is 1.40. The number of aliphatic hydroxyl groups is 1. The van der Waals surface area contributed by atoms with Crippen LogP contribution in [0.2, 0.25) is 0 Å². The number of carbonyl (C=O) groups is 1. The quantitative estimate of drug-likeness (QED) is 0.571. The second kappa shape index (κ2) is 8.63. The Balaban J connectivity index is 2.20. The first-order chi connectivity index (χ1) is 8.76. The summed E-state index contributed by atoms with van der Waals surface area (Å²) in [7, 11) is 1.62. The van der Waals surface area contributed by atoms with Crippen molar-refractivity contribution in [2.75, 3.05) is 26.8 Å². The van der Waals surface area contributed by atoms with E-state index in [0.717, 1.165) is 11.1 Å². The van der Waals surface area contributed by atoms with Gasteiger partial charge in [0.15, 0.2) is 0 Å². The topological polar surface area (TPSA) is 70.6 Å². The van der Waals surface area contributed by atoms with E-state index < -0.39 is 0 Å². The van der Waals surface area contributed by atoms with Gasteiger partial charge in [0, 0.05) is 20.2 Å².